The second kappa shape index (κ2) is 11.0. The smallest absolute Gasteiger partial charge is 0.308 e. The molecule has 1 heterocycles. The maximum absolute atomic E-state index is 12.7. The summed E-state index contributed by atoms with van der Waals surface area (Å²) in [5.74, 6) is 0.385. The zero-order valence-electron chi connectivity index (χ0n) is 16.5. The minimum Gasteiger partial charge on any atom is -0.308 e. The van der Waals surface area contributed by atoms with Crippen molar-refractivity contribution >= 4 is 33.3 Å². The number of nitrogens with one attached hydrogen (secondary N) is 2. The van der Waals surface area contributed by atoms with Crippen molar-refractivity contribution in [3.63, 3.8) is 0 Å². The van der Waals surface area contributed by atoms with Gasteiger partial charge in [-0.2, -0.15) is 23.4 Å². The van der Waals surface area contributed by atoms with Gasteiger partial charge < -0.3 is 10.6 Å². The quantitative estimate of drug-likeness (QED) is 0.473. The highest BCUT2D eigenvalue weighted by Crippen LogP contribution is 2.31. The van der Waals surface area contributed by atoms with E-state index in [1.165, 1.54) is 23.9 Å². The molecule has 0 saturated carbocycles. The van der Waals surface area contributed by atoms with Crippen LogP contribution in [0.4, 0.5) is 23.7 Å². The van der Waals surface area contributed by atoms with Gasteiger partial charge in [-0.1, -0.05) is 44.0 Å². The fourth-order valence-electron chi connectivity index (χ4n) is 2.72. The molecular weight excluding hydrogens is 441 g/mol. The van der Waals surface area contributed by atoms with Crippen molar-refractivity contribution in [2.75, 3.05) is 16.8 Å². The van der Waals surface area contributed by atoms with Crippen molar-refractivity contribution < 1.29 is 26.4 Å². The van der Waals surface area contributed by atoms with Gasteiger partial charge in [-0.25, -0.2) is 13.2 Å². The molecule has 0 aliphatic carbocycles. The van der Waals surface area contributed by atoms with Gasteiger partial charge in [0.25, 0.3) is 0 Å². The number of carbonyl (C=O) groups excluding carboxylic acids is 1. The number of hydrogen-bond donors (Lipinski definition) is 2. The zero-order valence-corrected chi connectivity index (χ0v) is 18.1. The van der Waals surface area contributed by atoms with Crippen LogP contribution in [-0.2, 0) is 16.0 Å². The normalized spacial score (nSPS) is 19.1. The Kier molecular flexibility index (Phi) is 8.95. The first-order chi connectivity index (χ1) is 14.1. The summed E-state index contributed by atoms with van der Waals surface area (Å²) in [6.07, 6.45) is -0.501. The summed E-state index contributed by atoms with van der Waals surface area (Å²) in [4.78, 5) is 12.0. The number of benzene rings is 1. The third-order valence-corrected chi connectivity index (χ3v) is 7.29. The number of anilines is 1. The Hall–Kier alpha value is -1.82. The van der Waals surface area contributed by atoms with Crippen molar-refractivity contribution in [1.82, 2.24) is 5.32 Å². The lowest BCUT2D eigenvalue weighted by molar-refractivity contribution is -0.137. The predicted molar refractivity (Wildman–Crippen MR) is 111 cm³/mol. The van der Waals surface area contributed by atoms with Gasteiger partial charge >= 0.3 is 12.2 Å². The van der Waals surface area contributed by atoms with Crippen LogP contribution in [0, 0.1) is 0 Å². The molecule has 0 spiro atoms. The van der Waals surface area contributed by atoms with Gasteiger partial charge in [-0.3, -0.25) is 0 Å². The van der Waals surface area contributed by atoms with Gasteiger partial charge in [0.15, 0.2) is 5.50 Å². The Labute approximate surface area is 178 Å². The molecule has 2 N–H and O–H groups in total. The molecule has 1 aromatic carbocycles. The van der Waals surface area contributed by atoms with E-state index >= 15 is 0 Å². The Morgan fingerprint density at radius 3 is 2.60 bits per heavy atom. The van der Waals surface area contributed by atoms with Crippen molar-refractivity contribution in [3.05, 3.63) is 29.8 Å². The van der Waals surface area contributed by atoms with E-state index in [1.54, 1.807) is 6.92 Å². The summed E-state index contributed by atoms with van der Waals surface area (Å²) in [6.45, 7) is 1.64. The number of halogens is 3. The molecule has 1 aliphatic rings. The number of amides is 2. The molecule has 2 amide bonds. The first-order valence-corrected chi connectivity index (χ1v) is 12.4. The average Bonchev–Trinajstić information content (AvgIpc) is 3.11. The molecule has 0 saturated heterocycles. The highest BCUT2D eigenvalue weighted by Gasteiger charge is 2.30. The van der Waals surface area contributed by atoms with E-state index in [0.717, 1.165) is 37.8 Å². The second-order valence-electron chi connectivity index (χ2n) is 6.79. The molecule has 0 bridgehead atoms. The lowest BCUT2D eigenvalue weighted by Gasteiger charge is -2.13. The molecule has 30 heavy (non-hydrogen) atoms. The number of nitrogens with zero attached hydrogens (tertiary/aromatic N) is 2. The van der Waals surface area contributed by atoms with Crippen LogP contribution in [0.2, 0.25) is 0 Å². The molecule has 12 heteroatoms. The SMILES string of the molecule is CCS(=O)(=O)CCCCCC[C@@H]1N=N[C@H](NC(=O)Nc2cccc(C(F)(F)F)c2)S1. The fourth-order valence-corrected chi connectivity index (χ4v) is 4.64. The first-order valence-electron chi connectivity index (χ1n) is 9.59. The number of thioether (sulfide) groups is 1. The lowest BCUT2D eigenvalue weighted by atomic mass is 10.1. The molecule has 0 fully saturated rings. The molecular formula is C18H25F3N4O3S2. The van der Waals surface area contributed by atoms with Crippen molar-refractivity contribution in [2.45, 2.75) is 56.1 Å². The van der Waals surface area contributed by atoms with Crippen LogP contribution in [0.3, 0.4) is 0 Å². The number of alkyl halides is 3. The molecule has 0 aromatic heterocycles. The topological polar surface area (TPSA) is 100.0 Å². The van der Waals surface area contributed by atoms with Gasteiger partial charge in [-0.05, 0) is 31.0 Å². The van der Waals surface area contributed by atoms with Crippen molar-refractivity contribution in [3.8, 4) is 0 Å². The van der Waals surface area contributed by atoms with Gasteiger partial charge in [0.1, 0.15) is 15.2 Å². The van der Waals surface area contributed by atoms with E-state index in [4.69, 9.17) is 0 Å². The van der Waals surface area contributed by atoms with Crippen molar-refractivity contribution in [2.24, 2.45) is 10.2 Å². The maximum atomic E-state index is 12.7. The largest absolute Gasteiger partial charge is 0.416 e. The van der Waals surface area contributed by atoms with Gasteiger partial charge in [-0.15, -0.1) is 0 Å². The van der Waals surface area contributed by atoms with E-state index in [0.29, 0.717) is 6.42 Å². The highest BCUT2D eigenvalue weighted by atomic mass is 32.2. The minimum atomic E-state index is -4.48. The molecule has 0 unspecified atom stereocenters. The van der Waals surface area contributed by atoms with Crippen LogP contribution in [-0.4, -0.2) is 36.8 Å². The van der Waals surface area contributed by atoms with E-state index in [-0.39, 0.29) is 22.6 Å². The summed E-state index contributed by atoms with van der Waals surface area (Å²) < 4.78 is 61.0. The fraction of sp³-hybridized carbons (Fsp3) is 0.611. The standard InChI is InChI=1S/C18H25F3N4O3S2/c1-2-30(27,28)11-6-4-3-5-10-15-24-25-17(29-15)23-16(26)22-14-9-7-8-13(12-14)18(19,20)21/h7-9,12,15,17H,2-6,10-11H2,1H3,(H2,22,23,26)/t15-,17+/m1/s1. The van der Waals surface area contributed by atoms with E-state index in [9.17, 15) is 26.4 Å². The summed E-state index contributed by atoms with van der Waals surface area (Å²) in [6, 6.07) is 3.71. The van der Waals surface area contributed by atoms with Gasteiger partial charge in [0.2, 0.25) is 0 Å². The summed E-state index contributed by atoms with van der Waals surface area (Å²) in [5.41, 5.74) is -1.41. The van der Waals surface area contributed by atoms with Crippen LogP contribution >= 0.6 is 11.8 Å². The Bertz CT molecular complexity index is 847. The Morgan fingerprint density at radius 1 is 1.17 bits per heavy atom. The number of rotatable bonds is 10. The Balaban J connectivity index is 1.65. The Morgan fingerprint density at radius 2 is 1.90 bits per heavy atom. The van der Waals surface area contributed by atoms with Crippen LogP contribution in [0.15, 0.2) is 34.5 Å². The van der Waals surface area contributed by atoms with E-state index < -0.39 is 33.1 Å². The molecule has 2 rings (SSSR count). The molecule has 2 atom stereocenters. The summed E-state index contributed by atoms with van der Waals surface area (Å²) in [7, 11) is -2.91. The van der Waals surface area contributed by atoms with Crippen LogP contribution in [0.25, 0.3) is 0 Å². The summed E-state index contributed by atoms with van der Waals surface area (Å²) >= 11 is 1.35. The molecule has 168 valence electrons. The summed E-state index contributed by atoms with van der Waals surface area (Å²) in [5, 5.41) is 12.9. The van der Waals surface area contributed by atoms with E-state index in [2.05, 4.69) is 20.9 Å². The van der Waals surface area contributed by atoms with Crippen molar-refractivity contribution in [1.29, 1.82) is 0 Å². The third kappa shape index (κ3) is 8.50. The second-order valence-corrected chi connectivity index (χ2v) is 10.5. The van der Waals surface area contributed by atoms with Gasteiger partial charge in [0, 0.05) is 11.4 Å². The number of unbranched alkanes of at least 4 members (excludes halogenated alkanes) is 3. The molecule has 0 radical (unpaired) electrons. The third-order valence-electron chi connectivity index (χ3n) is 4.38. The molecule has 1 aromatic rings. The monoisotopic (exact) mass is 466 g/mol. The van der Waals surface area contributed by atoms with Gasteiger partial charge in [0.05, 0.1) is 11.3 Å². The predicted octanol–water partition coefficient (Wildman–Crippen LogP) is 5.02. The number of carbonyl (C=O) groups is 1. The molecule has 7 nitrogen and oxygen atoms in total. The maximum Gasteiger partial charge on any atom is 0.416 e. The van der Waals surface area contributed by atoms with Crippen LogP contribution < -0.4 is 10.6 Å². The average molecular weight is 467 g/mol. The van der Waals surface area contributed by atoms with E-state index in [1.807, 2.05) is 0 Å². The first kappa shape index (κ1) is 24.4. The zero-order chi connectivity index (χ0) is 22.2. The number of urea groups is 1. The number of hydrogen-bond acceptors (Lipinski definition) is 6. The van der Waals surface area contributed by atoms with Crippen LogP contribution in [0.1, 0.15) is 44.6 Å². The van der Waals surface area contributed by atoms with Crippen LogP contribution in [0.5, 0.6) is 0 Å². The highest BCUT2D eigenvalue weighted by molar-refractivity contribution is 8.00. The minimum absolute atomic E-state index is 0.0314. The lowest BCUT2D eigenvalue weighted by Crippen LogP contribution is -2.34. The molecule has 1 aliphatic heterocycles. The number of azo groups is 1. The number of sulfone groups is 1.